The first kappa shape index (κ1) is 11.9. The number of nitrogens with one attached hydrogen (secondary N) is 1. The minimum Gasteiger partial charge on any atom is -0.423 e. The van der Waals surface area contributed by atoms with Crippen molar-refractivity contribution in [3.8, 4) is 0 Å². The molecular weight excluding hydrogens is 245 g/mol. The molecule has 6 heteroatoms. The summed E-state index contributed by atoms with van der Waals surface area (Å²) in [4.78, 5) is 0. The molecule has 0 unspecified atom stereocenters. The van der Waals surface area contributed by atoms with Crippen molar-refractivity contribution in [2.45, 2.75) is 19.9 Å². The highest BCUT2D eigenvalue weighted by molar-refractivity contribution is 6.33. The third kappa shape index (κ3) is 2.94. The molecule has 0 aliphatic rings. The standard InChI is InChI=1S/C11H11ClFN3O/c1-2-10-15-16-11(17-10)6-14-9-4-3-7(13)5-8(9)12/h3-5,14H,2,6H2,1H3. The van der Waals surface area contributed by atoms with Crippen LogP contribution in [0.25, 0.3) is 0 Å². The molecule has 1 N–H and O–H groups in total. The van der Waals surface area contributed by atoms with Crippen LogP contribution in [0, 0.1) is 5.82 Å². The number of hydrogen-bond acceptors (Lipinski definition) is 4. The lowest BCUT2D eigenvalue weighted by atomic mass is 10.3. The van der Waals surface area contributed by atoms with E-state index in [1.807, 2.05) is 6.92 Å². The maximum absolute atomic E-state index is 12.8. The first-order valence-corrected chi connectivity index (χ1v) is 5.57. The molecule has 2 rings (SSSR count). The van der Waals surface area contributed by atoms with E-state index in [0.717, 1.165) is 0 Å². The molecule has 1 aromatic carbocycles. The van der Waals surface area contributed by atoms with Gasteiger partial charge in [-0.1, -0.05) is 18.5 Å². The molecule has 17 heavy (non-hydrogen) atoms. The molecule has 0 saturated carbocycles. The van der Waals surface area contributed by atoms with Gasteiger partial charge in [-0.25, -0.2) is 4.39 Å². The fourth-order valence-electron chi connectivity index (χ4n) is 1.31. The van der Waals surface area contributed by atoms with Gasteiger partial charge in [0.05, 0.1) is 17.3 Å². The Balaban J connectivity index is 2.02. The summed E-state index contributed by atoms with van der Waals surface area (Å²) in [7, 11) is 0. The zero-order valence-corrected chi connectivity index (χ0v) is 9.96. The largest absolute Gasteiger partial charge is 0.423 e. The summed E-state index contributed by atoms with van der Waals surface area (Å²) >= 11 is 5.86. The predicted molar refractivity (Wildman–Crippen MR) is 62.4 cm³/mol. The van der Waals surface area contributed by atoms with Gasteiger partial charge in [0.1, 0.15) is 5.82 Å². The van der Waals surface area contributed by atoms with Crippen LogP contribution in [0.3, 0.4) is 0 Å². The lowest BCUT2D eigenvalue weighted by Crippen LogP contribution is -2.00. The van der Waals surface area contributed by atoms with Crippen molar-refractivity contribution in [1.82, 2.24) is 10.2 Å². The quantitative estimate of drug-likeness (QED) is 0.912. The van der Waals surface area contributed by atoms with Gasteiger partial charge >= 0.3 is 0 Å². The van der Waals surface area contributed by atoms with E-state index in [4.69, 9.17) is 16.0 Å². The molecule has 4 nitrogen and oxygen atoms in total. The summed E-state index contributed by atoms with van der Waals surface area (Å²) < 4.78 is 18.1. The molecule has 90 valence electrons. The lowest BCUT2D eigenvalue weighted by Gasteiger charge is -2.05. The Morgan fingerprint density at radius 3 is 2.76 bits per heavy atom. The van der Waals surface area contributed by atoms with Crippen LogP contribution in [0.4, 0.5) is 10.1 Å². The number of benzene rings is 1. The fraction of sp³-hybridized carbons (Fsp3) is 0.273. The van der Waals surface area contributed by atoms with Crippen LogP contribution in [0.15, 0.2) is 22.6 Å². The summed E-state index contributed by atoms with van der Waals surface area (Å²) in [5.74, 6) is 0.695. The second-order valence-electron chi connectivity index (χ2n) is 3.42. The van der Waals surface area contributed by atoms with Crippen molar-refractivity contribution in [2.75, 3.05) is 5.32 Å². The highest BCUT2D eigenvalue weighted by Gasteiger charge is 2.06. The van der Waals surface area contributed by atoms with E-state index in [9.17, 15) is 4.39 Å². The number of rotatable bonds is 4. The van der Waals surface area contributed by atoms with Gasteiger partial charge in [0.15, 0.2) is 0 Å². The van der Waals surface area contributed by atoms with Gasteiger partial charge in [-0.15, -0.1) is 10.2 Å². The Labute approximate surface area is 103 Å². The number of halogens is 2. The monoisotopic (exact) mass is 255 g/mol. The number of nitrogens with zero attached hydrogens (tertiary/aromatic N) is 2. The Bertz CT molecular complexity index is 515. The molecule has 1 aromatic heterocycles. The van der Waals surface area contributed by atoms with Gasteiger partial charge in [0.2, 0.25) is 11.8 Å². The summed E-state index contributed by atoms with van der Waals surface area (Å²) in [6.45, 7) is 2.29. The minimum absolute atomic E-state index is 0.320. The molecule has 0 spiro atoms. The SMILES string of the molecule is CCc1nnc(CNc2ccc(F)cc2Cl)o1. The Hall–Kier alpha value is -1.62. The van der Waals surface area contributed by atoms with E-state index >= 15 is 0 Å². The maximum atomic E-state index is 12.8. The van der Waals surface area contributed by atoms with Gasteiger partial charge < -0.3 is 9.73 Å². The van der Waals surface area contributed by atoms with Crippen molar-refractivity contribution in [3.63, 3.8) is 0 Å². The number of anilines is 1. The fourth-order valence-corrected chi connectivity index (χ4v) is 1.54. The van der Waals surface area contributed by atoms with Crippen LogP contribution >= 0.6 is 11.6 Å². The molecule has 0 bridgehead atoms. The third-order valence-electron chi connectivity index (χ3n) is 2.17. The second kappa shape index (κ2) is 5.14. The molecule has 1 heterocycles. The van der Waals surface area contributed by atoms with Crippen molar-refractivity contribution < 1.29 is 8.81 Å². The van der Waals surface area contributed by atoms with Crippen molar-refractivity contribution >= 4 is 17.3 Å². The van der Waals surface area contributed by atoms with Gasteiger partial charge in [0, 0.05) is 6.42 Å². The predicted octanol–water partition coefficient (Wildman–Crippen LogP) is 3.04. The van der Waals surface area contributed by atoms with Crippen LogP contribution in [0.5, 0.6) is 0 Å². The normalized spacial score (nSPS) is 10.5. The molecule has 0 aliphatic carbocycles. The zero-order valence-electron chi connectivity index (χ0n) is 9.20. The molecule has 0 radical (unpaired) electrons. The van der Waals surface area contributed by atoms with Crippen molar-refractivity contribution in [1.29, 1.82) is 0 Å². The van der Waals surface area contributed by atoms with E-state index in [1.54, 1.807) is 6.07 Å². The van der Waals surface area contributed by atoms with E-state index in [0.29, 0.717) is 35.5 Å². The zero-order chi connectivity index (χ0) is 12.3. The van der Waals surface area contributed by atoms with Crippen LogP contribution in [-0.4, -0.2) is 10.2 Å². The number of hydrogen-bond donors (Lipinski definition) is 1. The number of aryl methyl sites for hydroxylation is 1. The van der Waals surface area contributed by atoms with E-state index in [2.05, 4.69) is 15.5 Å². The molecule has 2 aromatic rings. The Kier molecular flexibility index (Phi) is 3.58. The van der Waals surface area contributed by atoms with Crippen molar-refractivity contribution in [3.05, 3.63) is 40.8 Å². The van der Waals surface area contributed by atoms with E-state index in [-0.39, 0.29) is 5.82 Å². The Morgan fingerprint density at radius 2 is 2.12 bits per heavy atom. The summed E-state index contributed by atoms with van der Waals surface area (Å²) in [6.07, 6.45) is 0.699. The average Bonchev–Trinajstić information content (AvgIpc) is 2.76. The maximum Gasteiger partial charge on any atom is 0.235 e. The third-order valence-corrected chi connectivity index (χ3v) is 2.49. The summed E-state index contributed by atoms with van der Waals surface area (Å²) in [5, 5.41) is 11.0. The highest BCUT2D eigenvalue weighted by Crippen LogP contribution is 2.22. The first-order chi connectivity index (χ1) is 8.19. The van der Waals surface area contributed by atoms with E-state index < -0.39 is 0 Å². The smallest absolute Gasteiger partial charge is 0.235 e. The van der Waals surface area contributed by atoms with Crippen LogP contribution in [-0.2, 0) is 13.0 Å². The topological polar surface area (TPSA) is 51.0 Å². The molecule has 0 fully saturated rings. The van der Waals surface area contributed by atoms with Crippen LogP contribution < -0.4 is 5.32 Å². The van der Waals surface area contributed by atoms with Gasteiger partial charge in [0.25, 0.3) is 0 Å². The van der Waals surface area contributed by atoms with Crippen LogP contribution in [0.2, 0.25) is 5.02 Å². The van der Waals surface area contributed by atoms with Gasteiger partial charge in [-0.3, -0.25) is 0 Å². The van der Waals surface area contributed by atoms with Crippen LogP contribution in [0.1, 0.15) is 18.7 Å². The average molecular weight is 256 g/mol. The lowest BCUT2D eigenvalue weighted by molar-refractivity contribution is 0.460. The van der Waals surface area contributed by atoms with Crippen molar-refractivity contribution in [2.24, 2.45) is 0 Å². The number of aromatic nitrogens is 2. The molecular formula is C11H11ClFN3O. The molecule has 0 atom stereocenters. The Morgan fingerprint density at radius 1 is 1.35 bits per heavy atom. The highest BCUT2D eigenvalue weighted by atomic mass is 35.5. The van der Waals surface area contributed by atoms with Gasteiger partial charge in [-0.05, 0) is 18.2 Å². The molecule has 0 aliphatic heterocycles. The first-order valence-electron chi connectivity index (χ1n) is 5.19. The molecule has 0 amide bonds. The summed E-state index contributed by atoms with van der Waals surface area (Å²) in [5.41, 5.74) is 0.629. The summed E-state index contributed by atoms with van der Waals surface area (Å²) in [6, 6.07) is 4.14. The van der Waals surface area contributed by atoms with E-state index in [1.165, 1.54) is 12.1 Å². The molecule has 0 saturated heterocycles. The second-order valence-corrected chi connectivity index (χ2v) is 3.83. The minimum atomic E-state index is -0.369. The van der Waals surface area contributed by atoms with Gasteiger partial charge in [-0.2, -0.15) is 0 Å².